The van der Waals surface area contributed by atoms with E-state index in [0.717, 1.165) is 17.5 Å². The molecule has 0 aliphatic heterocycles. The van der Waals surface area contributed by atoms with E-state index in [1.54, 1.807) is 12.4 Å². The van der Waals surface area contributed by atoms with Crippen molar-refractivity contribution in [3.05, 3.63) is 29.8 Å². The maximum absolute atomic E-state index is 12.8. The normalized spacial score (nSPS) is 19.4. The molecule has 1 aliphatic rings. The van der Waals surface area contributed by atoms with Gasteiger partial charge in [-0.15, -0.1) is 0 Å². The SMILES string of the molecule is Nc1nc2c(OC(=O)C3CCC(n4cnc5c(N)nc(Cl)nc54)CC3)cccc2s1. The summed E-state index contributed by atoms with van der Waals surface area (Å²) < 4.78 is 8.55. The highest BCUT2D eigenvalue weighted by atomic mass is 35.5. The number of rotatable bonds is 3. The van der Waals surface area contributed by atoms with Crippen LogP contribution in [0.2, 0.25) is 5.28 Å². The van der Waals surface area contributed by atoms with Crippen LogP contribution in [-0.2, 0) is 4.79 Å². The molecule has 4 N–H and O–H groups in total. The number of aromatic nitrogens is 5. The molecular weight excluding hydrogens is 426 g/mol. The zero-order valence-corrected chi connectivity index (χ0v) is 17.4. The minimum atomic E-state index is -0.238. The maximum Gasteiger partial charge on any atom is 0.314 e. The molecule has 1 saturated carbocycles. The molecule has 5 rings (SSSR count). The number of nitrogen functional groups attached to an aromatic ring is 2. The van der Waals surface area contributed by atoms with Crippen molar-refractivity contribution >= 4 is 61.2 Å². The van der Waals surface area contributed by atoms with Crippen molar-refractivity contribution in [3.63, 3.8) is 0 Å². The van der Waals surface area contributed by atoms with E-state index in [2.05, 4.69) is 19.9 Å². The molecule has 0 atom stereocenters. The van der Waals surface area contributed by atoms with Crippen LogP contribution in [0.5, 0.6) is 5.75 Å². The number of para-hydroxylation sites is 1. The first-order valence-electron chi connectivity index (χ1n) is 9.52. The van der Waals surface area contributed by atoms with Crippen LogP contribution in [-0.4, -0.2) is 30.5 Å². The number of nitrogens with two attached hydrogens (primary N) is 2. The number of hydrogen-bond donors (Lipinski definition) is 2. The number of carbonyl (C=O) groups excluding carboxylic acids is 1. The average Bonchev–Trinajstić information content (AvgIpc) is 3.31. The Balaban J connectivity index is 1.29. The van der Waals surface area contributed by atoms with Crippen LogP contribution in [0.25, 0.3) is 21.4 Å². The number of esters is 1. The smallest absolute Gasteiger partial charge is 0.314 e. The molecule has 30 heavy (non-hydrogen) atoms. The predicted molar refractivity (Wildman–Crippen MR) is 115 cm³/mol. The molecule has 0 radical (unpaired) electrons. The van der Waals surface area contributed by atoms with Gasteiger partial charge in [-0.3, -0.25) is 4.79 Å². The van der Waals surface area contributed by atoms with Crippen molar-refractivity contribution in [2.24, 2.45) is 5.92 Å². The number of thiazole rings is 1. The fourth-order valence-electron chi connectivity index (χ4n) is 3.98. The third-order valence-corrected chi connectivity index (χ3v) is 6.47. The third-order valence-electron chi connectivity index (χ3n) is 5.45. The van der Waals surface area contributed by atoms with E-state index in [1.165, 1.54) is 11.3 Å². The van der Waals surface area contributed by atoms with Crippen LogP contribution in [0.4, 0.5) is 10.9 Å². The van der Waals surface area contributed by atoms with Crippen molar-refractivity contribution in [3.8, 4) is 5.75 Å². The largest absolute Gasteiger partial charge is 0.424 e. The number of hydrogen-bond acceptors (Lipinski definition) is 9. The van der Waals surface area contributed by atoms with Crippen LogP contribution in [0.3, 0.4) is 0 Å². The molecule has 154 valence electrons. The quantitative estimate of drug-likeness (QED) is 0.278. The van der Waals surface area contributed by atoms with Gasteiger partial charge in [-0.1, -0.05) is 17.4 Å². The van der Waals surface area contributed by atoms with Gasteiger partial charge in [0.1, 0.15) is 11.0 Å². The summed E-state index contributed by atoms with van der Waals surface area (Å²) in [5.41, 5.74) is 13.5. The molecule has 11 heteroatoms. The van der Waals surface area contributed by atoms with Crippen LogP contribution in [0, 0.1) is 5.92 Å². The Morgan fingerprint density at radius 3 is 2.73 bits per heavy atom. The Hall–Kier alpha value is -2.98. The van der Waals surface area contributed by atoms with Gasteiger partial charge in [-0.2, -0.15) is 9.97 Å². The molecule has 4 aromatic rings. The van der Waals surface area contributed by atoms with E-state index in [-0.39, 0.29) is 29.0 Å². The fraction of sp³-hybridized carbons (Fsp3) is 0.316. The molecule has 3 aromatic heterocycles. The summed E-state index contributed by atoms with van der Waals surface area (Å²) in [5.74, 6) is 0.302. The number of anilines is 2. The van der Waals surface area contributed by atoms with Crippen LogP contribution < -0.4 is 16.2 Å². The van der Waals surface area contributed by atoms with Crippen molar-refractivity contribution in [2.45, 2.75) is 31.7 Å². The Morgan fingerprint density at radius 1 is 1.13 bits per heavy atom. The second-order valence-electron chi connectivity index (χ2n) is 7.28. The van der Waals surface area contributed by atoms with Crippen molar-refractivity contribution in [2.75, 3.05) is 11.5 Å². The van der Waals surface area contributed by atoms with Crippen molar-refractivity contribution < 1.29 is 9.53 Å². The van der Waals surface area contributed by atoms with E-state index >= 15 is 0 Å². The number of fused-ring (bicyclic) bond motifs is 2. The van der Waals surface area contributed by atoms with Gasteiger partial charge in [0.25, 0.3) is 0 Å². The van der Waals surface area contributed by atoms with Crippen molar-refractivity contribution in [1.82, 2.24) is 24.5 Å². The maximum atomic E-state index is 12.8. The van der Waals surface area contributed by atoms with E-state index in [9.17, 15) is 4.79 Å². The lowest BCUT2D eigenvalue weighted by molar-refractivity contribution is -0.140. The second-order valence-corrected chi connectivity index (χ2v) is 8.68. The molecule has 9 nitrogen and oxygen atoms in total. The van der Waals surface area contributed by atoms with Gasteiger partial charge in [0.2, 0.25) is 5.28 Å². The summed E-state index contributed by atoms with van der Waals surface area (Å²) in [4.78, 5) is 29.6. The molecule has 1 fully saturated rings. The molecule has 3 heterocycles. The van der Waals surface area contributed by atoms with E-state index in [1.807, 2.05) is 16.7 Å². The standard InChI is InChI=1S/C19H18ClN7O2S/c20-18-25-15(21)14-16(26-18)27(8-23-14)10-6-4-9(5-7-10)17(28)29-11-2-1-3-12-13(11)24-19(22)30-12/h1-3,8-10H,4-7H2,(H2,22,24)(H2,21,25,26). The summed E-state index contributed by atoms with van der Waals surface area (Å²) in [6.45, 7) is 0. The van der Waals surface area contributed by atoms with Crippen molar-refractivity contribution in [1.29, 1.82) is 0 Å². The van der Waals surface area contributed by atoms with E-state index < -0.39 is 0 Å². The average molecular weight is 444 g/mol. The van der Waals surface area contributed by atoms with E-state index in [4.69, 9.17) is 27.8 Å². The lowest BCUT2D eigenvalue weighted by atomic mass is 9.86. The Labute approximate surface area is 180 Å². The Morgan fingerprint density at radius 2 is 1.93 bits per heavy atom. The highest BCUT2D eigenvalue weighted by Gasteiger charge is 2.30. The summed E-state index contributed by atoms with van der Waals surface area (Å²) in [6.07, 6.45) is 4.70. The van der Waals surface area contributed by atoms with Crippen LogP contribution in [0.15, 0.2) is 24.5 Å². The van der Waals surface area contributed by atoms with Gasteiger partial charge in [0.15, 0.2) is 22.3 Å². The second kappa shape index (κ2) is 7.37. The first-order valence-corrected chi connectivity index (χ1v) is 10.7. The molecule has 0 amide bonds. The van der Waals surface area contributed by atoms with Gasteiger partial charge in [0, 0.05) is 6.04 Å². The van der Waals surface area contributed by atoms with Gasteiger partial charge < -0.3 is 20.8 Å². The molecule has 1 aromatic carbocycles. The van der Waals surface area contributed by atoms with Crippen LogP contribution >= 0.6 is 22.9 Å². The van der Waals surface area contributed by atoms with E-state index in [0.29, 0.717) is 40.4 Å². The highest BCUT2D eigenvalue weighted by molar-refractivity contribution is 7.22. The number of benzene rings is 1. The predicted octanol–water partition coefficient (Wildman–Crippen LogP) is 3.59. The monoisotopic (exact) mass is 443 g/mol. The molecule has 0 bridgehead atoms. The van der Waals surface area contributed by atoms with Gasteiger partial charge in [-0.05, 0) is 49.4 Å². The fourth-order valence-corrected chi connectivity index (χ4v) is 4.91. The number of ether oxygens (including phenoxy) is 1. The number of halogens is 1. The van der Waals surface area contributed by atoms with Gasteiger partial charge in [-0.25, -0.2) is 9.97 Å². The zero-order chi connectivity index (χ0) is 20.8. The lowest BCUT2D eigenvalue weighted by Gasteiger charge is -2.28. The Bertz CT molecular complexity index is 1260. The van der Waals surface area contributed by atoms with Gasteiger partial charge >= 0.3 is 5.97 Å². The number of nitrogens with zero attached hydrogens (tertiary/aromatic N) is 5. The minimum absolute atomic E-state index is 0.0934. The molecule has 0 unspecified atom stereocenters. The lowest BCUT2D eigenvalue weighted by Crippen LogP contribution is -2.26. The minimum Gasteiger partial charge on any atom is -0.424 e. The van der Waals surface area contributed by atoms with Gasteiger partial charge in [0.05, 0.1) is 16.9 Å². The molecule has 1 aliphatic carbocycles. The first-order chi connectivity index (χ1) is 14.5. The summed E-state index contributed by atoms with van der Waals surface area (Å²) in [7, 11) is 0. The highest BCUT2D eigenvalue weighted by Crippen LogP contribution is 2.36. The molecule has 0 saturated heterocycles. The Kier molecular flexibility index (Phi) is 4.67. The number of imidazole rings is 1. The summed E-state index contributed by atoms with van der Waals surface area (Å²) in [6, 6.07) is 5.65. The third kappa shape index (κ3) is 3.31. The first kappa shape index (κ1) is 19.0. The molecular formula is C19H18ClN7O2S. The topological polar surface area (TPSA) is 135 Å². The summed E-state index contributed by atoms with van der Waals surface area (Å²) >= 11 is 7.33. The zero-order valence-electron chi connectivity index (χ0n) is 15.8. The van der Waals surface area contributed by atoms with Crippen LogP contribution in [0.1, 0.15) is 31.7 Å². The molecule has 0 spiro atoms. The number of carbonyl (C=O) groups is 1. The summed E-state index contributed by atoms with van der Waals surface area (Å²) in [5, 5.41) is 0.544.